The lowest BCUT2D eigenvalue weighted by atomic mass is 9.96. The van der Waals surface area contributed by atoms with Gasteiger partial charge in [-0.25, -0.2) is 9.97 Å². The number of fused-ring (bicyclic) bond motifs is 1. The van der Waals surface area contributed by atoms with E-state index in [0.29, 0.717) is 6.42 Å². The number of aryl methyl sites for hydroxylation is 1. The van der Waals surface area contributed by atoms with Gasteiger partial charge in [-0.2, -0.15) is 5.10 Å². The minimum atomic E-state index is 0.707. The third kappa shape index (κ3) is 4.90. The van der Waals surface area contributed by atoms with Gasteiger partial charge < -0.3 is 4.74 Å². The molecule has 0 N–H and O–H groups in total. The number of hydrogen-bond donors (Lipinski definition) is 0. The minimum absolute atomic E-state index is 0.707. The zero-order chi connectivity index (χ0) is 23.3. The second kappa shape index (κ2) is 10.2. The van der Waals surface area contributed by atoms with E-state index in [1.54, 1.807) is 13.3 Å². The minimum Gasteiger partial charge on any atom is -0.383 e. The molecular formula is C27H30N6O. The molecule has 34 heavy (non-hydrogen) atoms. The van der Waals surface area contributed by atoms with Crippen LogP contribution in [-0.4, -0.2) is 56.4 Å². The first-order valence-corrected chi connectivity index (χ1v) is 11.9. The van der Waals surface area contributed by atoms with Crippen LogP contribution in [0.1, 0.15) is 29.4 Å². The SMILES string of the molecule is CCn1cc(-c2ccnc(Cc3ccc4c(c3)CCN(CCOC)C4)n2)c(-c2cccnc2)n1. The summed E-state index contributed by atoms with van der Waals surface area (Å²) < 4.78 is 7.18. The molecule has 0 bridgehead atoms. The Kier molecular flexibility index (Phi) is 6.74. The van der Waals surface area contributed by atoms with Crippen LogP contribution < -0.4 is 0 Å². The largest absolute Gasteiger partial charge is 0.383 e. The number of benzene rings is 1. The van der Waals surface area contributed by atoms with E-state index in [9.17, 15) is 0 Å². The van der Waals surface area contributed by atoms with E-state index in [1.807, 2.05) is 35.3 Å². The highest BCUT2D eigenvalue weighted by molar-refractivity contribution is 5.78. The van der Waals surface area contributed by atoms with Crippen LogP contribution in [0, 0.1) is 0 Å². The molecule has 5 rings (SSSR count). The lowest BCUT2D eigenvalue weighted by molar-refractivity contribution is 0.141. The molecule has 1 aromatic carbocycles. The Morgan fingerprint density at radius 1 is 1.09 bits per heavy atom. The van der Waals surface area contributed by atoms with Gasteiger partial charge >= 0.3 is 0 Å². The van der Waals surface area contributed by atoms with Crippen molar-refractivity contribution < 1.29 is 4.74 Å². The zero-order valence-corrected chi connectivity index (χ0v) is 19.8. The van der Waals surface area contributed by atoms with Crippen molar-refractivity contribution in [2.75, 3.05) is 26.8 Å². The van der Waals surface area contributed by atoms with Crippen LogP contribution in [0.4, 0.5) is 0 Å². The summed E-state index contributed by atoms with van der Waals surface area (Å²) in [7, 11) is 1.76. The van der Waals surface area contributed by atoms with Gasteiger partial charge in [0.2, 0.25) is 0 Å². The fourth-order valence-electron chi connectivity index (χ4n) is 4.49. The van der Waals surface area contributed by atoms with Crippen LogP contribution >= 0.6 is 0 Å². The maximum absolute atomic E-state index is 5.24. The summed E-state index contributed by atoms with van der Waals surface area (Å²) in [5, 5.41) is 4.77. The Balaban J connectivity index is 1.38. The highest BCUT2D eigenvalue weighted by Crippen LogP contribution is 2.29. The van der Waals surface area contributed by atoms with Crippen molar-refractivity contribution in [2.24, 2.45) is 0 Å². The molecule has 0 aliphatic carbocycles. The van der Waals surface area contributed by atoms with Crippen molar-refractivity contribution in [1.82, 2.24) is 29.6 Å². The van der Waals surface area contributed by atoms with Crippen LogP contribution in [0.15, 0.2) is 61.2 Å². The molecule has 7 heteroatoms. The smallest absolute Gasteiger partial charge is 0.133 e. The zero-order valence-electron chi connectivity index (χ0n) is 19.8. The number of aromatic nitrogens is 5. The van der Waals surface area contributed by atoms with Crippen molar-refractivity contribution in [3.05, 3.63) is 83.7 Å². The van der Waals surface area contributed by atoms with Gasteiger partial charge in [0.25, 0.3) is 0 Å². The van der Waals surface area contributed by atoms with Crippen LogP contribution in [0.5, 0.6) is 0 Å². The van der Waals surface area contributed by atoms with Crippen LogP contribution in [-0.2, 0) is 30.7 Å². The number of rotatable bonds is 8. The standard InChI is InChI=1S/C27H30N6O/c1-3-33-19-24(27(31-33)22-5-4-10-28-17-22)25-8-11-29-26(30-25)16-20-6-7-23-18-32(13-14-34-2)12-9-21(23)15-20/h4-8,10-11,15,17,19H,3,9,12-14,16,18H2,1-2H3. The van der Waals surface area contributed by atoms with Gasteiger partial charge in [0, 0.05) is 75.6 Å². The maximum atomic E-state index is 5.24. The summed E-state index contributed by atoms with van der Waals surface area (Å²) in [4.78, 5) is 16.2. The second-order valence-corrected chi connectivity index (χ2v) is 8.65. The van der Waals surface area contributed by atoms with Crippen molar-refractivity contribution in [1.29, 1.82) is 0 Å². The lowest BCUT2D eigenvalue weighted by Crippen LogP contribution is -2.33. The summed E-state index contributed by atoms with van der Waals surface area (Å²) in [6.45, 7) is 6.70. The molecule has 1 aliphatic rings. The molecule has 0 radical (unpaired) electrons. The Labute approximate surface area is 200 Å². The van der Waals surface area contributed by atoms with Crippen LogP contribution in [0.25, 0.3) is 22.5 Å². The Hall–Kier alpha value is -3.42. The molecule has 0 unspecified atom stereocenters. The molecule has 0 saturated carbocycles. The predicted molar refractivity (Wildman–Crippen MR) is 132 cm³/mol. The van der Waals surface area contributed by atoms with E-state index in [1.165, 1.54) is 16.7 Å². The van der Waals surface area contributed by atoms with Gasteiger partial charge in [-0.3, -0.25) is 14.6 Å². The first-order chi connectivity index (χ1) is 16.7. The van der Waals surface area contributed by atoms with E-state index >= 15 is 0 Å². The molecule has 0 spiro atoms. The van der Waals surface area contributed by atoms with E-state index < -0.39 is 0 Å². The summed E-state index contributed by atoms with van der Waals surface area (Å²) >= 11 is 0. The number of methoxy groups -OCH3 is 1. The Bertz CT molecular complexity index is 1250. The van der Waals surface area contributed by atoms with E-state index in [2.05, 4.69) is 46.2 Å². The monoisotopic (exact) mass is 454 g/mol. The van der Waals surface area contributed by atoms with E-state index in [0.717, 1.165) is 67.5 Å². The predicted octanol–water partition coefficient (Wildman–Crippen LogP) is 4.02. The third-order valence-electron chi connectivity index (χ3n) is 6.34. The van der Waals surface area contributed by atoms with Gasteiger partial charge in [0.05, 0.1) is 12.3 Å². The molecule has 4 heterocycles. The van der Waals surface area contributed by atoms with Crippen LogP contribution in [0.3, 0.4) is 0 Å². The number of pyridine rings is 1. The molecule has 3 aromatic heterocycles. The van der Waals surface area contributed by atoms with Crippen LogP contribution in [0.2, 0.25) is 0 Å². The molecular weight excluding hydrogens is 424 g/mol. The van der Waals surface area contributed by atoms with Crippen molar-refractivity contribution in [3.8, 4) is 22.5 Å². The molecule has 1 aliphatic heterocycles. The number of hydrogen-bond acceptors (Lipinski definition) is 6. The number of ether oxygens (including phenoxy) is 1. The van der Waals surface area contributed by atoms with Gasteiger partial charge in [-0.1, -0.05) is 18.2 Å². The van der Waals surface area contributed by atoms with Crippen molar-refractivity contribution >= 4 is 0 Å². The van der Waals surface area contributed by atoms with E-state index in [-0.39, 0.29) is 0 Å². The second-order valence-electron chi connectivity index (χ2n) is 8.65. The fraction of sp³-hybridized carbons (Fsp3) is 0.333. The van der Waals surface area contributed by atoms with E-state index in [4.69, 9.17) is 14.8 Å². The Morgan fingerprint density at radius 2 is 2.03 bits per heavy atom. The summed E-state index contributed by atoms with van der Waals surface area (Å²) in [5.74, 6) is 0.816. The highest BCUT2D eigenvalue weighted by Gasteiger charge is 2.18. The van der Waals surface area contributed by atoms with Gasteiger partial charge in [-0.15, -0.1) is 0 Å². The first-order valence-electron chi connectivity index (χ1n) is 11.9. The van der Waals surface area contributed by atoms with Crippen molar-refractivity contribution in [3.63, 3.8) is 0 Å². The number of nitrogens with zero attached hydrogens (tertiary/aromatic N) is 6. The third-order valence-corrected chi connectivity index (χ3v) is 6.34. The lowest BCUT2D eigenvalue weighted by Gasteiger charge is -2.28. The summed E-state index contributed by atoms with van der Waals surface area (Å²) in [6, 6.07) is 12.7. The molecule has 0 saturated heterocycles. The maximum Gasteiger partial charge on any atom is 0.133 e. The average molecular weight is 455 g/mol. The van der Waals surface area contributed by atoms with Gasteiger partial charge in [0.15, 0.2) is 0 Å². The fourth-order valence-corrected chi connectivity index (χ4v) is 4.49. The normalized spacial score (nSPS) is 13.7. The Morgan fingerprint density at radius 3 is 2.85 bits per heavy atom. The van der Waals surface area contributed by atoms with Gasteiger partial charge in [-0.05, 0) is 48.2 Å². The molecule has 7 nitrogen and oxygen atoms in total. The average Bonchev–Trinajstić information content (AvgIpc) is 3.33. The topological polar surface area (TPSA) is 69.0 Å². The molecule has 174 valence electrons. The van der Waals surface area contributed by atoms with Crippen molar-refractivity contribution in [2.45, 2.75) is 32.9 Å². The quantitative estimate of drug-likeness (QED) is 0.401. The van der Waals surface area contributed by atoms with Gasteiger partial charge in [0.1, 0.15) is 11.5 Å². The molecule has 0 atom stereocenters. The summed E-state index contributed by atoms with van der Waals surface area (Å²) in [5.41, 5.74) is 7.86. The summed E-state index contributed by atoms with van der Waals surface area (Å²) in [6.07, 6.45) is 9.30. The molecule has 4 aromatic rings. The first kappa shape index (κ1) is 22.4. The highest BCUT2D eigenvalue weighted by atomic mass is 16.5. The molecule has 0 fully saturated rings. The molecule has 0 amide bonds.